The van der Waals surface area contributed by atoms with Gasteiger partial charge in [-0.2, -0.15) is 0 Å². The molecule has 0 aromatic heterocycles. The number of nitrogens with zero attached hydrogens (tertiary/aromatic N) is 1. The van der Waals surface area contributed by atoms with Crippen LogP contribution in [0.15, 0.2) is 48.5 Å². The maximum atomic E-state index is 12.9. The molecule has 0 aliphatic carbocycles. The van der Waals surface area contributed by atoms with E-state index in [4.69, 9.17) is 0 Å². The first-order chi connectivity index (χ1) is 11.5. The molecular weight excluding hydrogens is 307 g/mol. The van der Waals surface area contributed by atoms with Crippen LogP contribution < -0.4 is 10.2 Å². The van der Waals surface area contributed by atoms with Gasteiger partial charge < -0.3 is 5.32 Å². The van der Waals surface area contributed by atoms with Gasteiger partial charge >= 0.3 is 0 Å². The van der Waals surface area contributed by atoms with E-state index in [0.717, 1.165) is 17.5 Å². The molecule has 124 valence electrons. The SMILES string of the molecule is Cc1ccc(N2C(=O)C[C@@H]([NH2+]CCc3ccc(F)cc3)C2=O)cc1. The summed E-state index contributed by atoms with van der Waals surface area (Å²) in [6, 6.07) is 13.3. The van der Waals surface area contributed by atoms with Gasteiger partial charge in [-0.1, -0.05) is 29.8 Å². The minimum absolute atomic E-state index is 0.160. The third kappa shape index (κ3) is 3.51. The number of halogens is 1. The normalized spacial score (nSPS) is 17.6. The van der Waals surface area contributed by atoms with Crippen LogP contribution in [0.2, 0.25) is 0 Å². The Kier molecular flexibility index (Phi) is 4.71. The number of benzene rings is 2. The number of anilines is 1. The molecule has 1 atom stereocenters. The minimum atomic E-state index is -0.376. The molecule has 1 saturated heterocycles. The molecule has 0 bridgehead atoms. The van der Waals surface area contributed by atoms with E-state index < -0.39 is 0 Å². The number of amides is 2. The number of aryl methyl sites for hydroxylation is 1. The van der Waals surface area contributed by atoms with Crippen molar-refractivity contribution in [3.05, 3.63) is 65.5 Å². The Labute approximate surface area is 140 Å². The van der Waals surface area contributed by atoms with E-state index in [-0.39, 0.29) is 30.1 Å². The molecule has 1 heterocycles. The molecule has 1 aliphatic rings. The van der Waals surface area contributed by atoms with Crippen molar-refractivity contribution in [2.45, 2.75) is 25.8 Å². The molecule has 2 aromatic rings. The molecule has 4 nitrogen and oxygen atoms in total. The van der Waals surface area contributed by atoms with Crippen LogP contribution in [0.5, 0.6) is 0 Å². The molecule has 24 heavy (non-hydrogen) atoms. The second kappa shape index (κ2) is 6.93. The van der Waals surface area contributed by atoms with Crippen molar-refractivity contribution < 1.29 is 19.3 Å². The Bertz CT molecular complexity index is 741. The molecule has 1 aliphatic heterocycles. The fourth-order valence-electron chi connectivity index (χ4n) is 2.91. The summed E-state index contributed by atoms with van der Waals surface area (Å²) in [5.41, 5.74) is 2.73. The molecule has 0 radical (unpaired) electrons. The topological polar surface area (TPSA) is 54.0 Å². The van der Waals surface area contributed by atoms with Crippen LogP contribution in [-0.4, -0.2) is 24.4 Å². The largest absolute Gasteiger partial charge is 0.335 e. The van der Waals surface area contributed by atoms with Crippen molar-refractivity contribution in [3.63, 3.8) is 0 Å². The number of carbonyl (C=O) groups is 2. The van der Waals surface area contributed by atoms with Gasteiger partial charge in [0.05, 0.1) is 18.7 Å². The van der Waals surface area contributed by atoms with Crippen molar-refractivity contribution in [2.24, 2.45) is 0 Å². The molecule has 1 fully saturated rings. The Morgan fingerprint density at radius 1 is 1.08 bits per heavy atom. The fraction of sp³-hybridized carbons (Fsp3) is 0.263. The van der Waals surface area contributed by atoms with Crippen molar-refractivity contribution in [1.82, 2.24) is 0 Å². The van der Waals surface area contributed by atoms with Crippen LogP contribution in [0.1, 0.15) is 17.5 Å². The number of nitrogens with two attached hydrogens (primary N) is 1. The number of hydrogen-bond donors (Lipinski definition) is 1. The summed E-state index contributed by atoms with van der Waals surface area (Å²) >= 11 is 0. The number of hydrogen-bond acceptors (Lipinski definition) is 2. The van der Waals surface area contributed by atoms with Gasteiger partial charge in [-0.25, -0.2) is 9.29 Å². The highest BCUT2D eigenvalue weighted by Gasteiger charge is 2.41. The number of carbonyl (C=O) groups excluding carboxylic acids is 2. The monoisotopic (exact) mass is 327 g/mol. The first kappa shape index (κ1) is 16.3. The van der Waals surface area contributed by atoms with E-state index in [2.05, 4.69) is 0 Å². The van der Waals surface area contributed by atoms with Gasteiger partial charge in [0.25, 0.3) is 5.91 Å². The van der Waals surface area contributed by atoms with Gasteiger partial charge in [-0.05, 0) is 36.8 Å². The summed E-state index contributed by atoms with van der Waals surface area (Å²) in [4.78, 5) is 26.0. The lowest BCUT2D eigenvalue weighted by Gasteiger charge is -2.14. The van der Waals surface area contributed by atoms with Crippen molar-refractivity contribution in [3.8, 4) is 0 Å². The molecule has 0 spiro atoms. The molecule has 0 unspecified atom stereocenters. The van der Waals surface area contributed by atoms with Crippen LogP contribution >= 0.6 is 0 Å². The molecular formula is C19H20FN2O2+. The van der Waals surface area contributed by atoms with Crippen LogP contribution in [0.3, 0.4) is 0 Å². The molecule has 2 N–H and O–H groups in total. The van der Waals surface area contributed by atoms with Gasteiger partial charge in [-0.3, -0.25) is 9.59 Å². The van der Waals surface area contributed by atoms with Gasteiger partial charge in [0.2, 0.25) is 5.91 Å². The van der Waals surface area contributed by atoms with E-state index in [1.807, 2.05) is 24.4 Å². The third-order valence-electron chi connectivity index (χ3n) is 4.27. The lowest BCUT2D eigenvalue weighted by molar-refractivity contribution is -0.674. The van der Waals surface area contributed by atoms with Crippen LogP contribution in [0, 0.1) is 12.7 Å². The summed E-state index contributed by atoms with van der Waals surface area (Å²) in [7, 11) is 0. The summed E-state index contributed by atoms with van der Waals surface area (Å²) < 4.78 is 12.9. The number of imide groups is 1. The average Bonchev–Trinajstić information content (AvgIpc) is 2.85. The van der Waals surface area contributed by atoms with Crippen LogP contribution in [0.4, 0.5) is 10.1 Å². The Morgan fingerprint density at radius 3 is 2.42 bits per heavy atom. The first-order valence-electron chi connectivity index (χ1n) is 8.06. The zero-order chi connectivity index (χ0) is 17.1. The Hall–Kier alpha value is -2.53. The molecule has 2 aromatic carbocycles. The maximum absolute atomic E-state index is 12.9. The first-order valence-corrected chi connectivity index (χ1v) is 8.06. The molecule has 5 heteroatoms. The Balaban J connectivity index is 1.59. The number of quaternary nitrogens is 1. The quantitative estimate of drug-likeness (QED) is 0.848. The van der Waals surface area contributed by atoms with E-state index in [0.29, 0.717) is 12.2 Å². The highest BCUT2D eigenvalue weighted by molar-refractivity contribution is 6.21. The van der Waals surface area contributed by atoms with Crippen LogP contribution in [0.25, 0.3) is 0 Å². The Morgan fingerprint density at radius 2 is 1.75 bits per heavy atom. The van der Waals surface area contributed by atoms with E-state index in [1.54, 1.807) is 24.3 Å². The average molecular weight is 327 g/mol. The zero-order valence-electron chi connectivity index (χ0n) is 13.5. The van der Waals surface area contributed by atoms with Gasteiger partial charge in [0.15, 0.2) is 6.04 Å². The van der Waals surface area contributed by atoms with Crippen molar-refractivity contribution in [1.29, 1.82) is 0 Å². The lowest BCUT2D eigenvalue weighted by atomic mass is 10.1. The summed E-state index contributed by atoms with van der Waals surface area (Å²) in [5, 5.41) is 1.90. The smallest absolute Gasteiger partial charge is 0.292 e. The number of rotatable bonds is 5. The second-order valence-corrected chi connectivity index (χ2v) is 6.11. The van der Waals surface area contributed by atoms with Crippen molar-refractivity contribution >= 4 is 17.5 Å². The van der Waals surface area contributed by atoms with E-state index >= 15 is 0 Å². The highest BCUT2D eigenvalue weighted by Crippen LogP contribution is 2.21. The maximum Gasteiger partial charge on any atom is 0.292 e. The highest BCUT2D eigenvalue weighted by atomic mass is 19.1. The van der Waals surface area contributed by atoms with Gasteiger partial charge in [0, 0.05) is 6.42 Å². The van der Waals surface area contributed by atoms with Gasteiger partial charge in [-0.15, -0.1) is 0 Å². The predicted octanol–water partition coefficient (Wildman–Crippen LogP) is 1.57. The van der Waals surface area contributed by atoms with Gasteiger partial charge in [0.1, 0.15) is 5.82 Å². The third-order valence-corrected chi connectivity index (χ3v) is 4.27. The summed E-state index contributed by atoms with van der Waals surface area (Å²) in [6.45, 7) is 2.64. The lowest BCUT2D eigenvalue weighted by Crippen LogP contribution is -2.92. The standard InChI is InChI=1S/C19H19FN2O2/c1-13-2-8-16(9-3-13)22-18(23)12-17(19(22)24)21-11-10-14-4-6-15(20)7-5-14/h2-9,17,21H,10-12H2,1H3/p+1/t17-/m1/s1. The second-order valence-electron chi connectivity index (χ2n) is 6.11. The van der Waals surface area contributed by atoms with Crippen molar-refractivity contribution in [2.75, 3.05) is 11.4 Å². The molecule has 2 amide bonds. The molecule has 0 saturated carbocycles. The van der Waals surface area contributed by atoms with E-state index in [9.17, 15) is 14.0 Å². The summed E-state index contributed by atoms with van der Waals surface area (Å²) in [5.74, 6) is -0.581. The van der Waals surface area contributed by atoms with Crippen LogP contribution in [-0.2, 0) is 16.0 Å². The minimum Gasteiger partial charge on any atom is -0.335 e. The summed E-state index contributed by atoms with van der Waals surface area (Å²) in [6.07, 6.45) is 0.943. The predicted molar refractivity (Wildman–Crippen MR) is 89.0 cm³/mol. The zero-order valence-corrected chi connectivity index (χ0v) is 13.5. The fourth-order valence-corrected chi connectivity index (χ4v) is 2.91. The van der Waals surface area contributed by atoms with E-state index in [1.165, 1.54) is 17.0 Å². The molecule has 3 rings (SSSR count).